The minimum atomic E-state index is -4.18. The molecule has 0 unspecified atom stereocenters. The molecule has 0 aromatic heterocycles. The molecule has 4 aromatic rings. The number of hydrogen-bond donors (Lipinski definition) is 1. The van der Waals surface area contributed by atoms with Gasteiger partial charge in [0.05, 0.1) is 18.7 Å². The van der Waals surface area contributed by atoms with Crippen LogP contribution in [0.5, 0.6) is 5.75 Å². The molecule has 0 bridgehead atoms. The van der Waals surface area contributed by atoms with E-state index in [0.717, 1.165) is 15.4 Å². The van der Waals surface area contributed by atoms with Gasteiger partial charge < -0.3 is 15.0 Å². The average Bonchev–Trinajstić information content (AvgIpc) is 3.43. The van der Waals surface area contributed by atoms with Crippen LogP contribution in [0, 0.1) is 0 Å². The lowest BCUT2D eigenvalue weighted by Gasteiger charge is -2.23. The number of carbonyl (C=O) groups is 2. The number of fused-ring (bicyclic) bond motifs is 1. The first-order valence-electron chi connectivity index (χ1n) is 13.5. The highest BCUT2D eigenvalue weighted by Gasteiger charge is 2.30. The molecule has 1 aliphatic heterocycles. The van der Waals surface area contributed by atoms with Gasteiger partial charge in [0, 0.05) is 35.1 Å². The molecule has 1 aliphatic rings. The summed E-state index contributed by atoms with van der Waals surface area (Å²) < 4.78 is 33.7. The number of methoxy groups -OCH3 is 1. The number of amides is 2. The van der Waals surface area contributed by atoms with Crippen molar-refractivity contribution in [2.24, 2.45) is 0 Å². The SMILES string of the molecule is COc1ccc(C(=O)N2CCc3ccc(NC(=O)CN(CCc4ccccc4)S(=O)(=O)c4cc(Cl)ccc4Cl)cc32)cc1. The molecule has 0 saturated heterocycles. The fourth-order valence-electron chi connectivity index (χ4n) is 4.91. The summed E-state index contributed by atoms with van der Waals surface area (Å²) >= 11 is 12.3. The van der Waals surface area contributed by atoms with Crippen LogP contribution in [0.15, 0.2) is 95.9 Å². The van der Waals surface area contributed by atoms with Gasteiger partial charge in [0.1, 0.15) is 10.6 Å². The van der Waals surface area contributed by atoms with Crippen LogP contribution in [0.25, 0.3) is 0 Å². The van der Waals surface area contributed by atoms with Crippen molar-refractivity contribution in [3.05, 3.63) is 118 Å². The fraction of sp³-hybridized carbons (Fsp3) is 0.188. The van der Waals surface area contributed by atoms with Crippen molar-refractivity contribution < 1.29 is 22.7 Å². The molecule has 0 saturated carbocycles. The van der Waals surface area contributed by atoms with Crippen LogP contribution >= 0.6 is 23.2 Å². The number of nitrogens with zero attached hydrogens (tertiary/aromatic N) is 2. The number of ether oxygens (including phenoxy) is 1. The summed E-state index contributed by atoms with van der Waals surface area (Å²) in [6, 6.07) is 25.8. The molecule has 1 N–H and O–H groups in total. The zero-order valence-electron chi connectivity index (χ0n) is 23.3. The van der Waals surface area contributed by atoms with E-state index in [4.69, 9.17) is 27.9 Å². The maximum Gasteiger partial charge on any atom is 0.258 e. The number of rotatable bonds is 10. The molecular weight excluding hydrogens is 609 g/mol. The minimum absolute atomic E-state index is 0.00904. The molecule has 43 heavy (non-hydrogen) atoms. The zero-order chi connectivity index (χ0) is 30.6. The van der Waals surface area contributed by atoms with Crippen LogP contribution in [0.3, 0.4) is 0 Å². The quantitative estimate of drug-likeness (QED) is 0.227. The number of nitrogens with one attached hydrogen (secondary N) is 1. The molecule has 8 nitrogen and oxygen atoms in total. The lowest BCUT2D eigenvalue weighted by atomic mass is 10.1. The molecule has 0 atom stereocenters. The van der Waals surface area contributed by atoms with Gasteiger partial charge in [-0.3, -0.25) is 9.59 Å². The van der Waals surface area contributed by atoms with E-state index in [9.17, 15) is 18.0 Å². The predicted molar refractivity (Wildman–Crippen MR) is 169 cm³/mol. The highest BCUT2D eigenvalue weighted by molar-refractivity contribution is 7.89. The fourth-order valence-corrected chi connectivity index (χ4v) is 7.05. The van der Waals surface area contributed by atoms with Gasteiger partial charge >= 0.3 is 0 Å². The Balaban J connectivity index is 1.35. The monoisotopic (exact) mass is 637 g/mol. The van der Waals surface area contributed by atoms with Crippen LogP contribution in [0.1, 0.15) is 21.5 Å². The number of halogens is 2. The van der Waals surface area contributed by atoms with E-state index < -0.39 is 22.5 Å². The third kappa shape index (κ3) is 7.02. The van der Waals surface area contributed by atoms with Crippen LogP contribution in [-0.4, -0.2) is 51.3 Å². The molecule has 222 valence electrons. The predicted octanol–water partition coefficient (Wildman–Crippen LogP) is 6.08. The van der Waals surface area contributed by atoms with E-state index in [1.165, 1.54) is 18.2 Å². The van der Waals surface area contributed by atoms with Crippen LogP contribution in [0.2, 0.25) is 10.0 Å². The Bertz CT molecular complexity index is 1750. The lowest BCUT2D eigenvalue weighted by Crippen LogP contribution is -2.39. The highest BCUT2D eigenvalue weighted by atomic mass is 35.5. The second-order valence-corrected chi connectivity index (χ2v) is 12.7. The largest absolute Gasteiger partial charge is 0.497 e. The summed E-state index contributed by atoms with van der Waals surface area (Å²) in [4.78, 5) is 28.1. The smallest absolute Gasteiger partial charge is 0.258 e. The second kappa shape index (κ2) is 13.2. The van der Waals surface area contributed by atoms with Gasteiger partial charge in [-0.2, -0.15) is 4.31 Å². The highest BCUT2D eigenvalue weighted by Crippen LogP contribution is 2.33. The first-order valence-corrected chi connectivity index (χ1v) is 15.7. The third-order valence-corrected chi connectivity index (χ3v) is 9.73. The first kappa shape index (κ1) is 30.6. The Hall–Kier alpha value is -3.89. The van der Waals surface area contributed by atoms with E-state index in [1.807, 2.05) is 36.4 Å². The van der Waals surface area contributed by atoms with Crippen molar-refractivity contribution in [3.63, 3.8) is 0 Å². The Labute approximate surface area is 260 Å². The van der Waals surface area contributed by atoms with E-state index in [-0.39, 0.29) is 27.4 Å². The Morgan fingerprint density at radius 2 is 1.70 bits per heavy atom. The van der Waals surface area contributed by atoms with Gasteiger partial charge in [-0.05, 0) is 78.6 Å². The number of anilines is 2. The van der Waals surface area contributed by atoms with Gasteiger partial charge in [0.25, 0.3) is 5.91 Å². The topological polar surface area (TPSA) is 96.0 Å². The molecule has 1 heterocycles. The minimum Gasteiger partial charge on any atom is -0.497 e. The van der Waals surface area contributed by atoms with Gasteiger partial charge in [-0.25, -0.2) is 8.42 Å². The van der Waals surface area contributed by atoms with Gasteiger partial charge in [-0.15, -0.1) is 0 Å². The normalized spacial score (nSPS) is 12.7. The lowest BCUT2D eigenvalue weighted by molar-refractivity contribution is -0.116. The Kier molecular flexibility index (Phi) is 9.37. The maximum absolute atomic E-state index is 13.7. The maximum atomic E-state index is 13.7. The van der Waals surface area contributed by atoms with Crippen LogP contribution in [-0.2, 0) is 27.7 Å². The van der Waals surface area contributed by atoms with E-state index in [1.54, 1.807) is 48.4 Å². The van der Waals surface area contributed by atoms with Crippen molar-refractivity contribution in [2.75, 3.05) is 37.0 Å². The standard InChI is InChI=1S/C32H29Cl2N3O5S/c1-42-27-12-8-24(9-13-27)32(39)37-18-16-23-7-11-26(20-29(23)37)35-31(38)21-36(17-15-22-5-3-2-4-6-22)43(40,41)30-19-25(33)10-14-28(30)34/h2-14,19-20H,15-18,21H2,1H3,(H,35,38). The molecule has 11 heteroatoms. The van der Waals surface area contributed by atoms with Crippen LogP contribution in [0.4, 0.5) is 11.4 Å². The van der Waals surface area contributed by atoms with E-state index in [0.29, 0.717) is 42.1 Å². The number of carbonyl (C=O) groups excluding carboxylic acids is 2. The summed E-state index contributed by atoms with van der Waals surface area (Å²) in [7, 11) is -2.62. The molecule has 5 rings (SSSR count). The van der Waals surface area contributed by atoms with Gasteiger partial charge in [0.15, 0.2) is 0 Å². The third-order valence-electron chi connectivity index (χ3n) is 7.17. The molecule has 0 fully saturated rings. The van der Waals surface area contributed by atoms with Crippen LogP contribution < -0.4 is 15.0 Å². The summed E-state index contributed by atoms with van der Waals surface area (Å²) in [6.07, 6.45) is 1.06. The van der Waals surface area contributed by atoms with Gasteiger partial charge in [-0.1, -0.05) is 59.6 Å². The second-order valence-electron chi connectivity index (χ2n) is 9.98. The molecule has 0 radical (unpaired) electrons. The Morgan fingerprint density at radius 1 is 0.953 bits per heavy atom. The van der Waals surface area contributed by atoms with Crippen molar-refractivity contribution in [1.82, 2.24) is 4.31 Å². The Morgan fingerprint density at radius 3 is 2.42 bits per heavy atom. The molecule has 0 aliphatic carbocycles. The summed E-state index contributed by atoms with van der Waals surface area (Å²) in [5, 5.41) is 3.03. The van der Waals surface area contributed by atoms with E-state index >= 15 is 0 Å². The van der Waals surface area contributed by atoms with Crippen molar-refractivity contribution in [1.29, 1.82) is 0 Å². The van der Waals surface area contributed by atoms with Crippen molar-refractivity contribution in [3.8, 4) is 5.75 Å². The molecule has 0 spiro atoms. The summed E-state index contributed by atoms with van der Waals surface area (Å²) in [6.45, 7) is 0.0873. The van der Waals surface area contributed by atoms with Crippen molar-refractivity contribution in [2.45, 2.75) is 17.7 Å². The first-order chi connectivity index (χ1) is 20.7. The average molecular weight is 639 g/mol. The zero-order valence-corrected chi connectivity index (χ0v) is 25.6. The molecule has 2 amide bonds. The van der Waals surface area contributed by atoms with E-state index in [2.05, 4.69) is 5.32 Å². The molecule has 4 aromatic carbocycles. The van der Waals surface area contributed by atoms with Gasteiger partial charge in [0.2, 0.25) is 15.9 Å². The molecular formula is C32H29Cl2N3O5S. The summed E-state index contributed by atoms with van der Waals surface area (Å²) in [5.74, 6) is -0.0527. The number of hydrogen-bond acceptors (Lipinski definition) is 5. The number of benzene rings is 4. The van der Waals surface area contributed by atoms with Crippen molar-refractivity contribution >= 4 is 56.4 Å². The summed E-state index contributed by atoms with van der Waals surface area (Å²) in [5.41, 5.74) is 3.54. The number of sulfonamides is 1.